The fraction of sp³-hybridized carbons (Fsp3) is 0.333. The fourth-order valence-electron chi connectivity index (χ4n) is 3.29. The number of carbonyl (C=O) groups is 1. The summed E-state index contributed by atoms with van der Waals surface area (Å²) >= 11 is 0. The highest BCUT2D eigenvalue weighted by Crippen LogP contribution is 2.32. The zero-order valence-corrected chi connectivity index (χ0v) is 16.1. The maximum atomic E-state index is 12.5. The SMILES string of the molecule is COc1cc(C(=O)NCc2nc(-c3cccnc3)no2)ccc1OC1CCCC1. The molecule has 3 aromatic rings. The minimum absolute atomic E-state index is 0.120. The summed E-state index contributed by atoms with van der Waals surface area (Å²) in [6, 6.07) is 8.80. The second-order valence-corrected chi connectivity index (χ2v) is 6.83. The van der Waals surface area contributed by atoms with Crippen molar-refractivity contribution in [1.29, 1.82) is 0 Å². The van der Waals surface area contributed by atoms with Crippen molar-refractivity contribution in [1.82, 2.24) is 20.4 Å². The summed E-state index contributed by atoms with van der Waals surface area (Å²) in [7, 11) is 1.57. The van der Waals surface area contributed by atoms with E-state index in [-0.39, 0.29) is 18.6 Å². The molecule has 1 aliphatic carbocycles. The zero-order chi connectivity index (χ0) is 20.1. The van der Waals surface area contributed by atoms with Crippen molar-refractivity contribution >= 4 is 5.91 Å². The normalized spacial score (nSPS) is 14.0. The van der Waals surface area contributed by atoms with Crippen LogP contribution in [0.2, 0.25) is 0 Å². The largest absolute Gasteiger partial charge is 0.493 e. The van der Waals surface area contributed by atoms with Crippen LogP contribution >= 0.6 is 0 Å². The molecule has 1 N–H and O–H groups in total. The Hall–Kier alpha value is -3.42. The summed E-state index contributed by atoms with van der Waals surface area (Å²) in [5.74, 6) is 1.68. The van der Waals surface area contributed by atoms with Crippen molar-refractivity contribution in [2.24, 2.45) is 0 Å². The Morgan fingerprint density at radius 1 is 1.24 bits per heavy atom. The van der Waals surface area contributed by atoms with Gasteiger partial charge in [0.15, 0.2) is 11.5 Å². The highest BCUT2D eigenvalue weighted by atomic mass is 16.5. The monoisotopic (exact) mass is 394 g/mol. The van der Waals surface area contributed by atoms with Crippen molar-refractivity contribution in [3.63, 3.8) is 0 Å². The van der Waals surface area contributed by atoms with E-state index in [1.807, 2.05) is 6.07 Å². The molecule has 1 fully saturated rings. The summed E-state index contributed by atoms with van der Waals surface area (Å²) < 4.78 is 16.6. The number of methoxy groups -OCH3 is 1. The number of nitrogens with zero attached hydrogens (tertiary/aromatic N) is 3. The zero-order valence-electron chi connectivity index (χ0n) is 16.1. The molecular weight excluding hydrogens is 372 g/mol. The molecule has 0 unspecified atom stereocenters. The van der Waals surface area contributed by atoms with Crippen LogP contribution in [0.15, 0.2) is 47.2 Å². The van der Waals surface area contributed by atoms with Gasteiger partial charge in [0.2, 0.25) is 11.7 Å². The van der Waals surface area contributed by atoms with E-state index < -0.39 is 0 Å². The summed E-state index contributed by atoms with van der Waals surface area (Å²) in [4.78, 5) is 20.8. The Kier molecular flexibility index (Phi) is 5.69. The lowest BCUT2D eigenvalue weighted by atomic mass is 10.2. The van der Waals surface area contributed by atoms with Crippen LogP contribution in [0.25, 0.3) is 11.4 Å². The fourth-order valence-corrected chi connectivity index (χ4v) is 3.29. The van der Waals surface area contributed by atoms with Gasteiger partial charge in [-0.2, -0.15) is 4.98 Å². The molecule has 0 saturated heterocycles. The molecule has 1 aromatic carbocycles. The van der Waals surface area contributed by atoms with E-state index in [0.717, 1.165) is 18.4 Å². The summed E-state index contributed by atoms with van der Waals surface area (Å²) in [6.07, 6.45) is 8.01. The van der Waals surface area contributed by atoms with E-state index in [2.05, 4.69) is 20.4 Å². The number of hydrogen-bond acceptors (Lipinski definition) is 7. The number of pyridine rings is 1. The smallest absolute Gasteiger partial charge is 0.251 e. The van der Waals surface area contributed by atoms with E-state index in [1.54, 1.807) is 43.8 Å². The van der Waals surface area contributed by atoms with E-state index in [1.165, 1.54) is 12.8 Å². The average molecular weight is 394 g/mol. The molecule has 29 heavy (non-hydrogen) atoms. The van der Waals surface area contributed by atoms with Crippen LogP contribution in [-0.2, 0) is 6.54 Å². The third kappa shape index (κ3) is 4.53. The number of hydrogen-bond donors (Lipinski definition) is 1. The third-order valence-corrected chi connectivity index (χ3v) is 4.81. The Bertz CT molecular complexity index is 968. The van der Waals surface area contributed by atoms with Gasteiger partial charge in [-0.15, -0.1) is 0 Å². The van der Waals surface area contributed by atoms with Gasteiger partial charge < -0.3 is 19.3 Å². The predicted molar refractivity (Wildman–Crippen MR) is 105 cm³/mol. The lowest BCUT2D eigenvalue weighted by Gasteiger charge is -2.16. The lowest BCUT2D eigenvalue weighted by molar-refractivity contribution is 0.0945. The maximum Gasteiger partial charge on any atom is 0.251 e. The van der Waals surface area contributed by atoms with Gasteiger partial charge in [-0.05, 0) is 56.0 Å². The molecule has 0 aliphatic heterocycles. The van der Waals surface area contributed by atoms with E-state index in [9.17, 15) is 4.79 Å². The van der Waals surface area contributed by atoms with Crippen LogP contribution in [0.3, 0.4) is 0 Å². The van der Waals surface area contributed by atoms with E-state index >= 15 is 0 Å². The Balaban J connectivity index is 1.39. The third-order valence-electron chi connectivity index (χ3n) is 4.81. The number of aromatic nitrogens is 3. The lowest BCUT2D eigenvalue weighted by Crippen LogP contribution is -2.23. The van der Waals surface area contributed by atoms with Gasteiger partial charge in [0.25, 0.3) is 5.91 Å². The van der Waals surface area contributed by atoms with Crippen LogP contribution in [0.1, 0.15) is 41.9 Å². The van der Waals surface area contributed by atoms with Gasteiger partial charge >= 0.3 is 0 Å². The molecule has 0 radical (unpaired) electrons. The molecule has 2 aromatic heterocycles. The first-order valence-corrected chi connectivity index (χ1v) is 9.59. The number of rotatable bonds is 7. The van der Waals surface area contributed by atoms with Gasteiger partial charge in [0.05, 0.1) is 19.8 Å². The standard InChI is InChI=1S/C21H22N4O4/c1-27-18-11-14(8-9-17(18)28-16-6-2-3-7-16)21(26)23-13-19-24-20(25-29-19)15-5-4-10-22-12-15/h4-5,8-12,16H,2-3,6-7,13H2,1H3,(H,23,26). The van der Waals surface area contributed by atoms with Crippen molar-refractivity contribution < 1.29 is 18.8 Å². The van der Waals surface area contributed by atoms with Crippen molar-refractivity contribution in [2.45, 2.75) is 38.3 Å². The van der Waals surface area contributed by atoms with Crippen LogP contribution in [0.4, 0.5) is 0 Å². The van der Waals surface area contributed by atoms with Gasteiger partial charge in [-0.25, -0.2) is 0 Å². The summed E-state index contributed by atoms with van der Waals surface area (Å²) in [5.41, 5.74) is 1.21. The molecule has 1 amide bonds. The number of ether oxygens (including phenoxy) is 2. The molecule has 4 rings (SSSR count). The van der Waals surface area contributed by atoms with E-state index in [4.69, 9.17) is 14.0 Å². The molecular formula is C21H22N4O4. The molecule has 150 valence electrons. The van der Waals surface area contributed by atoms with Crippen molar-refractivity contribution in [3.05, 3.63) is 54.2 Å². The first kappa shape index (κ1) is 18.9. The molecule has 2 heterocycles. The Morgan fingerprint density at radius 2 is 2.10 bits per heavy atom. The van der Waals surface area contributed by atoms with Crippen molar-refractivity contribution in [2.75, 3.05) is 7.11 Å². The molecule has 0 atom stereocenters. The second kappa shape index (κ2) is 8.72. The minimum Gasteiger partial charge on any atom is -0.493 e. The minimum atomic E-state index is -0.267. The van der Waals surface area contributed by atoms with Crippen molar-refractivity contribution in [3.8, 4) is 22.9 Å². The summed E-state index contributed by atoms with van der Waals surface area (Å²) in [6.45, 7) is 0.120. The van der Waals surface area contributed by atoms with Gasteiger partial charge in [-0.1, -0.05) is 5.16 Å². The van der Waals surface area contributed by atoms with Crippen LogP contribution in [-0.4, -0.2) is 34.2 Å². The Labute approximate surface area is 168 Å². The highest BCUT2D eigenvalue weighted by Gasteiger charge is 2.19. The van der Waals surface area contributed by atoms with Gasteiger partial charge in [-0.3, -0.25) is 9.78 Å². The molecule has 0 bridgehead atoms. The molecule has 1 saturated carbocycles. The van der Waals surface area contributed by atoms with Gasteiger partial charge in [0.1, 0.15) is 0 Å². The predicted octanol–water partition coefficient (Wildman–Crippen LogP) is 3.39. The number of nitrogens with one attached hydrogen (secondary N) is 1. The number of amides is 1. The van der Waals surface area contributed by atoms with Crippen LogP contribution < -0.4 is 14.8 Å². The molecule has 0 spiro atoms. The first-order chi connectivity index (χ1) is 14.2. The first-order valence-electron chi connectivity index (χ1n) is 9.59. The van der Waals surface area contributed by atoms with E-state index in [0.29, 0.717) is 28.8 Å². The van der Waals surface area contributed by atoms with Crippen LogP contribution in [0, 0.1) is 0 Å². The molecule has 8 nitrogen and oxygen atoms in total. The number of carbonyl (C=O) groups excluding carboxylic acids is 1. The second-order valence-electron chi connectivity index (χ2n) is 6.83. The van der Waals surface area contributed by atoms with Gasteiger partial charge in [0, 0.05) is 23.5 Å². The quantitative estimate of drug-likeness (QED) is 0.656. The Morgan fingerprint density at radius 3 is 2.86 bits per heavy atom. The molecule has 1 aliphatic rings. The summed E-state index contributed by atoms with van der Waals surface area (Å²) in [5, 5.41) is 6.69. The maximum absolute atomic E-state index is 12.5. The topological polar surface area (TPSA) is 99.4 Å². The number of benzene rings is 1. The molecule has 8 heteroatoms. The highest BCUT2D eigenvalue weighted by molar-refractivity contribution is 5.94. The average Bonchev–Trinajstić information content (AvgIpc) is 3.45. The van der Waals surface area contributed by atoms with Crippen LogP contribution in [0.5, 0.6) is 11.5 Å².